The van der Waals surface area contributed by atoms with Gasteiger partial charge < -0.3 is 5.32 Å². The van der Waals surface area contributed by atoms with Crippen molar-refractivity contribution in [3.8, 4) is 0 Å². The summed E-state index contributed by atoms with van der Waals surface area (Å²) < 4.78 is 0. The standard InChI is InChI=1S/C17H22N2/c1-4-13-6-8-15(9-7-13)17(18-3)16-10-11-19-12-14(16)5-2/h6-12,17-18H,4-5H2,1-3H3. The van der Waals surface area contributed by atoms with Gasteiger partial charge in [-0.15, -0.1) is 0 Å². The first-order valence-corrected chi connectivity index (χ1v) is 6.99. The van der Waals surface area contributed by atoms with Gasteiger partial charge in [0.1, 0.15) is 0 Å². The topological polar surface area (TPSA) is 24.9 Å². The summed E-state index contributed by atoms with van der Waals surface area (Å²) in [6.07, 6.45) is 5.94. The SMILES string of the molecule is CCc1ccc(C(NC)c2ccncc2CC)cc1. The number of hydrogen-bond acceptors (Lipinski definition) is 2. The number of benzene rings is 1. The molecule has 19 heavy (non-hydrogen) atoms. The van der Waals surface area contributed by atoms with Gasteiger partial charge in [0.2, 0.25) is 0 Å². The van der Waals surface area contributed by atoms with Gasteiger partial charge in [-0.1, -0.05) is 38.1 Å². The molecule has 0 saturated heterocycles. The first-order valence-electron chi connectivity index (χ1n) is 6.99. The summed E-state index contributed by atoms with van der Waals surface area (Å²) in [4.78, 5) is 4.23. The number of rotatable bonds is 5. The fourth-order valence-electron chi connectivity index (χ4n) is 2.46. The molecule has 1 heterocycles. The Morgan fingerprint density at radius 1 is 1.05 bits per heavy atom. The maximum absolute atomic E-state index is 4.23. The van der Waals surface area contributed by atoms with E-state index < -0.39 is 0 Å². The van der Waals surface area contributed by atoms with Crippen molar-refractivity contribution in [3.63, 3.8) is 0 Å². The van der Waals surface area contributed by atoms with E-state index in [-0.39, 0.29) is 6.04 Å². The Balaban J connectivity index is 2.37. The number of aromatic nitrogens is 1. The maximum atomic E-state index is 4.23. The predicted octanol–water partition coefficient (Wildman–Crippen LogP) is 3.52. The molecule has 2 heteroatoms. The van der Waals surface area contributed by atoms with Crippen molar-refractivity contribution in [1.82, 2.24) is 10.3 Å². The minimum Gasteiger partial charge on any atom is -0.309 e. The Morgan fingerprint density at radius 2 is 1.79 bits per heavy atom. The average molecular weight is 254 g/mol. The second-order valence-corrected chi connectivity index (χ2v) is 4.74. The van der Waals surface area contributed by atoms with Crippen LogP contribution in [0.3, 0.4) is 0 Å². The van der Waals surface area contributed by atoms with Crippen LogP contribution in [0.4, 0.5) is 0 Å². The number of pyridine rings is 1. The highest BCUT2D eigenvalue weighted by atomic mass is 14.9. The van der Waals surface area contributed by atoms with Crippen molar-refractivity contribution in [2.24, 2.45) is 0 Å². The Kier molecular flexibility index (Phi) is 4.69. The van der Waals surface area contributed by atoms with E-state index in [1.54, 1.807) is 0 Å². The summed E-state index contributed by atoms with van der Waals surface area (Å²) in [6.45, 7) is 4.36. The molecule has 0 fully saturated rings. The van der Waals surface area contributed by atoms with Gasteiger partial charge in [0.25, 0.3) is 0 Å². The van der Waals surface area contributed by atoms with E-state index in [0.29, 0.717) is 0 Å². The molecule has 1 N–H and O–H groups in total. The lowest BCUT2D eigenvalue weighted by Crippen LogP contribution is -2.19. The smallest absolute Gasteiger partial charge is 0.0578 e. The van der Waals surface area contributed by atoms with Crippen molar-refractivity contribution < 1.29 is 0 Å². The van der Waals surface area contributed by atoms with Crippen LogP contribution in [0.15, 0.2) is 42.7 Å². The molecule has 0 aliphatic carbocycles. The quantitative estimate of drug-likeness (QED) is 0.883. The number of nitrogens with one attached hydrogen (secondary N) is 1. The average Bonchev–Trinajstić information content (AvgIpc) is 2.49. The van der Waals surface area contributed by atoms with Gasteiger partial charge in [-0.05, 0) is 48.2 Å². The summed E-state index contributed by atoms with van der Waals surface area (Å²) in [5, 5.41) is 3.42. The van der Waals surface area contributed by atoms with Crippen molar-refractivity contribution in [1.29, 1.82) is 0 Å². The first kappa shape index (κ1) is 13.8. The molecule has 2 nitrogen and oxygen atoms in total. The van der Waals surface area contributed by atoms with Crippen LogP contribution in [0.2, 0.25) is 0 Å². The first-order chi connectivity index (χ1) is 9.30. The highest BCUT2D eigenvalue weighted by Crippen LogP contribution is 2.25. The zero-order valence-electron chi connectivity index (χ0n) is 12.0. The largest absolute Gasteiger partial charge is 0.309 e. The zero-order chi connectivity index (χ0) is 13.7. The molecule has 1 aromatic carbocycles. The molecule has 0 radical (unpaired) electrons. The molecular formula is C17H22N2. The molecule has 0 bridgehead atoms. The molecule has 100 valence electrons. The molecular weight excluding hydrogens is 232 g/mol. The minimum absolute atomic E-state index is 0.240. The summed E-state index contributed by atoms with van der Waals surface area (Å²) in [6, 6.07) is 11.2. The van der Waals surface area contributed by atoms with Crippen LogP contribution in [0.1, 0.15) is 42.1 Å². The Bertz CT molecular complexity index is 517. The monoisotopic (exact) mass is 254 g/mol. The molecule has 0 saturated carbocycles. The number of nitrogens with zero attached hydrogens (tertiary/aromatic N) is 1. The van der Waals surface area contributed by atoms with Crippen LogP contribution >= 0.6 is 0 Å². The third-order valence-corrected chi connectivity index (χ3v) is 3.64. The van der Waals surface area contributed by atoms with E-state index in [2.05, 4.69) is 54.5 Å². The number of aryl methyl sites for hydroxylation is 2. The van der Waals surface area contributed by atoms with Gasteiger partial charge >= 0.3 is 0 Å². The predicted molar refractivity (Wildman–Crippen MR) is 80.3 cm³/mol. The van der Waals surface area contributed by atoms with Crippen molar-refractivity contribution in [2.75, 3.05) is 7.05 Å². The van der Waals surface area contributed by atoms with E-state index in [1.807, 2.05) is 19.4 Å². The highest BCUT2D eigenvalue weighted by molar-refractivity contribution is 5.36. The van der Waals surface area contributed by atoms with Crippen LogP contribution in [0.25, 0.3) is 0 Å². The molecule has 1 aromatic heterocycles. The molecule has 1 unspecified atom stereocenters. The molecule has 1 atom stereocenters. The lowest BCUT2D eigenvalue weighted by atomic mass is 9.94. The van der Waals surface area contributed by atoms with E-state index in [1.165, 1.54) is 22.3 Å². The lowest BCUT2D eigenvalue weighted by molar-refractivity contribution is 0.682. The third-order valence-electron chi connectivity index (χ3n) is 3.64. The Labute approximate surface area is 115 Å². The van der Waals surface area contributed by atoms with Crippen molar-refractivity contribution in [3.05, 3.63) is 65.0 Å². The summed E-state index contributed by atoms with van der Waals surface area (Å²) in [5.74, 6) is 0. The molecule has 0 spiro atoms. The molecule has 2 rings (SSSR count). The van der Waals surface area contributed by atoms with E-state index in [9.17, 15) is 0 Å². The summed E-state index contributed by atoms with van der Waals surface area (Å²) in [7, 11) is 2.01. The van der Waals surface area contributed by atoms with E-state index >= 15 is 0 Å². The normalized spacial score (nSPS) is 12.4. The lowest BCUT2D eigenvalue weighted by Gasteiger charge is -2.20. The second kappa shape index (κ2) is 6.48. The van der Waals surface area contributed by atoms with Crippen LogP contribution in [-0.4, -0.2) is 12.0 Å². The second-order valence-electron chi connectivity index (χ2n) is 4.74. The highest BCUT2D eigenvalue weighted by Gasteiger charge is 2.14. The van der Waals surface area contributed by atoms with Crippen LogP contribution in [-0.2, 0) is 12.8 Å². The fourth-order valence-corrected chi connectivity index (χ4v) is 2.46. The zero-order valence-corrected chi connectivity index (χ0v) is 12.0. The third kappa shape index (κ3) is 3.02. The number of hydrogen-bond donors (Lipinski definition) is 1. The Morgan fingerprint density at radius 3 is 2.37 bits per heavy atom. The molecule has 0 amide bonds. The molecule has 0 aliphatic heterocycles. The summed E-state index contributed by atoms with van der Waals surface area (Å²) in [5.41, 5.74) is 5.32. The summed E-state index contributed by atoms with van der Waals surface area (Å²) >= 11 is 0. The molecule has 2 aromatic rings. The van der Waals surface area contributed by atoms with Crippen LogP contribution in [0, 0.1) is 0 Å². The van der Waals surface area contributed by atoms with Gasteiger partial charge in [-0.2, -0.15) is 0 Å². The Hall–Kier alpha value is -1.67. The van der Waals surface area contributed by atoms with Gasteiger partial charge in [0, 0.05) is 12.4 Å². The van der Waals surface area contributed by atoms with Gasteiger partial charge in [0.05, 0.1) is 6.04 Å². The van der Waals surface area contributed by atoms with Crippen molar-refractivity contribution in [2.45, 2.75) is 32.7 Å². The van der Waals surface area contributed by atoms with Crippen molar-refractivity contribution >= 4 is 0 Å². The van der Waals surface area contributed by atoms with Crippen LogP contribution in [0.5, 0.6) is 0 Å². The maximum Gasteiger partial charge on any atom is 0.0578 e. The van der Waals surface area contributed by atoms with E-state index in [0.717, 1.165) is 12.8 Å². The van der Waals surface area contributed by atoms with Crippen LogP contribution < -0.4 is 5.32 Å². The fraction of sp³-hybridized carbons (Fsp3) is 0.353. The minimum atomic E-state index is 0.240. The molecule has 0 aliphatic rings. The van der Waals surface area contributed by atoms with Gasteiger partial charge in [-0.25, -0.2) is 0 Å². The van der Waals surface area contributed by atoms with E-state index in [4.69, 9.17) is 0 Å². The van der Waals surface area contributed by atoms with Gasteiger partial charge in [0.15, 0.2) is 0 Å². The van der Waals surface area contributed by atoms with Gasteiger partial charge in [-0.3, -0.25) is 4.98 Å².